The highest BCUT2D eigenvalue weighted by Gasteiger charge is 2.20. The molecule has 1 aliphatic carbocycles. The van der Waals surface area contributed by atoms with Crippen LogP contribution in [0.3, 0.4) is 0 Å². The van der Waals surface area contributed by atoms with Crippen molar-refractivity contribution in [1.82, 2.24) is 0 Å². The van der Waals surface area contributed by atoms with Gasteiger partial charge in [-0.05, 0) is 65.8 Å². The molecule has 2 aromatic carbocycles. The third-order valence-corrected chi connectivity index (χ3v) is 6.12. The molecule has 0 amide bonds. The average molecular weight is 357 g/mol. The van der Waals surface area contributed by atoms with Crippen LogP contribution in [0.5, 0.6) is 0 Å². The smallest absolute Gasteiger partial charge is 0.129 e. The summed E-state index contributed by atoms with van der Waals surface area (Å²) in [6.45, 7) is 6.40. The monoisotopic (exact) mass is 356 g/mol. The van der Waals surface area contributed by atoms with Gasteiger partial charge in [-0.2, -0.15) is 0 Å². The van der Waals surface area contributed by atoms with Crippen LogP contribution in [0.15, 0.2) is 36.4 Å². The fraction of sp³-hybridized carbons (Fsp3) is 0.500. The van der Waals surface area contributed by atoms with Gasteiger partial charge in [-0.25, -0.2) is 8.78 Å². The highest BCUT2D eigenvalue weighted by Crippen LogP contribution is 2.36. The highest BCUT2D eigenvalue weighted by molar-refractivity contribution is 5.64. The lowest BCUT2D eigenvalue weighted by molar-refractivity contribution is 0.348. The van der Waals surface area contributed by atoms with Crippen molar-refractivity contribution in [1.29, 1.82) is 0 Å². The number of rotatable bonds is 5. The Balaban J connectivity index is 1.79. The summed E-state index contributed by atoms with van der Waals surface area (Å²) in [4.78, 5) is 0. The van der Waals surface area contributed by atoms with Gasteiger partial charge in [0.15, 0.2) is 0 Å². The predicted molar refractivity (Wildman–Crippen MR) is 105 cm³/mol. The molecular weight excluding hydrogens is 326 g/mol. The Morgan fingerprint density at radius 2 is 1.50 bits per heavy atom. The minimum Gasteiger partial charge on any atom is -0.207 e. The molecule has 1 unspecified atom stereocenters. The highest BCUT2D eigenvalue weighted by atomic mass is 19.1. The molecule has 1 fully saturated rings. The van der Waals surface area contributed by atoms with E-state index < -0.39 is 11.6 Å². The molecule has 0 spiro atoms. The third kappa shape index (κ3) is 4.34. The van der Waals surface area contributed by atoms with Crippen molar-refractivity contribution in [3.8, 4) is 11.1 Å². The molecule has 1 aliphatic rings. The largest absolute Gasteiger partial charge is 0.207 e. The normalized spacial score (nSPS) is 21.6. The summed E-state index contributed by atoms with van der Waals surface area (Å²) >= 11 is 0. The average Bonchev–Trinajstić information content (AvgIpc) is 2.65. The second-order valence-corrected chi connectivity index (χ2v) is 8.21. The second kappa shape index (κ2) is 8.33. The zero-order valence-electron chi connectivity index (χ0n) is 16.2. The van der Waals surface area contributed by atoms with Crippen molar-refractivity contribution in [3.63, 3.8) is 0 Å². The van der Waals surface area contributed by atoms with Gasteiger partial charge in [0, 0.05) is 5.56 Å². The zero-order chi connectivity index (χ0) is 18.7. The van der Waals surface area contributed by atoms with E-state index in [0.29, 0.717) is 17.9 Å². The SMILES string of the molecule is CCC(C)Cc1c(F)cc(-c2ccc(C3CCC(C)CC3)cc2)cc1F. The van der Waals surface area contributed by atoms with E-state index in [9.17, 15) is 8.78 Å². The molecule has 0 radical (unpaired) electrons. The van der Waals surface area contributed by atoms with E-state index in [2.05, 4.69) is 19.1 Å². The number of hydrogen-bond acceptors (Lipinski definition) is 0. The molecule has 0 bridgehead atoms. The topological polar surface area (TPSA) is 0 Å². The third-order valence-electron chi connectivity index (χ3n) is 6.12. The fourth-order valence-corrected chi connectivity index (χ4v) is 4.00. The van der Waals surface area contributed by atoms with Gasteiger partial charge in [-0.1, -0.05) is 64.3 Å². The maximum absolute atomic E-state index is 14.5. The Kier molecular flexibility index (Phi) is 6.11. The summed E-state index contributed by atoms with van der Waals surface area (Å²) in [7, 11) is 0. The predicted octanol–water partition coefficient (Wildman–Crippen LogP) is 7.51. The lowest BCUT2D eigenvalue weighted by Gasteiger charge is -2.26. The number of halogens is 2. The first-order valence-corrected chi connectivity index (χ1v) is 10.1. The molecule has 1 atom stereocenters. The van der Waals surface area contributed by atoms with Crippen molar-refractivity contribution in [2.75, 3.05) is 0 Å². The fourth-order valence-electron chi connectivity index (χ4n) is 4.00. The molecule has 2 heteroatoms. The van der Waals surface area contributed by atoms with Gasteiger partial charge in [0.2, 0.25) is 0 Å². The van der Waals surface area contributed by atoms with Gasteiger partial charge in [-0.3, -0.25) is 0 Å². The molecule has 2 aromatic rings. The van der Waals surface area contributed by atoms with Crippen molar-refractivity contribution < 1.29 is 8.78 Å². The standard InChI is InChI=1S/C24H30F2/c1-4-16(2)13-22-23(25)14-21(15-24(22)26)20-11-9-19(10-12-20)18-7-5-17(3)6-8-18/h9-12,14-18H,4-8,13H2,1-3H3. The van der Waals surface area contributed by atoms with E-state index >= 15 is 0 Å². The van der Waals surface area contributed by atoms with Gasteiger partial charge in [0.25, 0.3) is 0 Å². The Labute approximate surface area is 156 Å². The van der Waals surface area contributed by atoms with Crippen LogP contribution in [-0.4, -0.2) is 0 Å². The van der Waals surface area contributed by atoms with Gasteiger partial charge >= 0.3 is 0 Å². The van der Waals surface area contributed by atoms with E-state index in [-0.39, 0.29) is 11.5 Å². The van der Waals surface area contributed by atoms with E-state index in [0.717, 1.165) is 17.9 Å². The summed E-state index contributed by atoms with van der Waals surface area (Å²) < 4.78 is 28.9. The van der Waals surface area contributed by atoms with Crippen LogP contribution in [0, 0.1) is 23.5 Å². The van der Waals surface area contributed by atoms with E-state index in [4.69, 9.17) is 0 Å². The van der Waals surface area contributed by atoms with Crippen LogP contribution in [-0.2, 0) is 6.42 Å². The van der Waals surface area contributed by atoms with Gasteiger partial charge in [-0.15, -0.1) is 0 Å². The van der Waals surface area contributed by atoms with Gasteiger partial charge in [0.05, 0.1) is 0 Å². The summed E-state index contributed by atoms with van der Waals surface area (Å²) in [5.74, 6) is 0.899. The van der Waals surface area contributed by atoms with Crippen LogP contribution in [0.25, 0.3) is 11.1 Å². The lowest BCUT2D eigenvalue weighted by Crippen LogP contribution is -2.10. The molecule has 1 saturated carbocycles. The first-order chi connectivity index (χ1) is 12.5. The molecule has 0 heterocycles. The molecule has 0 aliphatic heterocycles. The van der Waals surface area contributed by atoms with Crippen molar-refractivity contribution >= 4 is 0 Å². The molecular formula is C24H30F2. The molecule has 0 N–H and O–H groups in total. The zero-order valence-corrected chi connectivity index (χ0v) is 16.2. The quantitative estimate of drug-likeness (QED) is 0.520. The summed E-state index contributed by atoms with van der Waals surface area (Å²) in [5.41, 5.74) is 3.08. The summed E-state index contributed by atoms with van der Waals surface area (Å²) in [6, 6.07) is 11.3. The van der Waals surface area contributed by atoms with E-state index in [1.807, 2.05) is 26.0 Å². The summed E-state index contributed by atoms with van der Waals surface area (Å²) in [6.07, 6.45) is 6.44. The van der Waals surface area contributed by atoms with Crippen LogP contribution < -0.4 is 0 Å². The molecule has 0 nitrogen and oxygen atoms in total. The Morgan fingerprint density at radius 1 is 0.923 bits per heavy atom. The van der Waals surface area contributed by atoms with E-state index in [1.165, 1.54) is 43.4 Å². The Bertz CT molecular complexity index is 701. The Morgan fingerprint density at radius 3 is 2.04 bits per heavy atom. The van der Waals surface area contributed by atoms with Crippen LogP contribution in [0.4, 0.5) is 8.78 Å². The first kappa shape index (κ1) is 19.1. The number of benzene rings is 2. The van der Waals surface area contributed by atoms with Crippen molar-refractivity contribution in [2.24, 2.45) is 11.8 Å². The van der Waals surface area contributed by atoms with Gasteiger partial charge < -0.3 is 0 Å². The number of hydrogen-bond donors (Lipinski definition) is 0. The van der Waals surface area contributed by atoms with Crippen LogP contribution in [0.1, 0.15) is 69.9 Å². The Hall–Kier alpha value is -1.70. The molecule has 0 saturated heterocycles. The van der Waals surface area contributed by atoms with Crippen molar-refractivity contribution in [2.45, 2.75) is 65.2 Å². The maximum atomic E-state index is 14.5. The summed E-state index contributed by atoms with van der Waals surface area (Å²) in [5, 5.41) is 0. The molecule has 26 heavy (non-hydrogen) atoms. The second-order valence-electron chi connectivity index (χ2n) is 8.21. The lowest BCUT2D eigenvalue weighted by atomic mass is 9.79. The molecule has 140 valence electrons. The van der Waals surface area contributed by atoms with Crippen molar-refractivity contribution in [3.05, 3.63) is 59.2 Å². The minimum atomic E-state index is -0.425. The maximum Gasteiger partial charge on any atom is 0.129 e. The van der Waals surface area contributed by atoms with Gasteiger partial charge in [0.1, 0.15) is 11.6 Å². The van der Waals surface area contributed by atoms with Crippen LogP contribution in [0.2, 0.25) is 0 Å². The first-order valence-electron chi connectivity index (χ1n) is 10.1. The van der Waals surface area contributed by atoms with E-state index in [1.54, 1.807) is 0 Å². The minimum absolute atomic E-state index is 0.219. The van der Waals surface area contributed by atoms with Crippen LogP contribution >= 0.6 is 0 Å². The molecule has 3 rings (SSSR count). The molecule has 0 aromatic heterocycles.